The lowest BCUT2D eigenvalue weighted by molar-refractivity contribution is 0.0910. The molecule has 0 aromatic heterocycles. The number of amides is 2. The molecule has 21 heavy (non-hydrogen) atoms. The molecule has 0 aromatic carbocycles. The predicted octanol–water partition coefficient (Wildman–Crippen LogP) is 1.97. The average Bonchev–Trinajstić information content (AvgIpc) is 3.10. The monoisotopic (exact) mass is 297 g/mol. The predicted molar refractivity (Wildman–Crippen MR) is 84.4 cm³/mol. The molecule has 2 fully saturated rings. The minimum absolute atomic E-state index is 0.0194. The average molecular weight is 297 g/mol. The van der Waals surface area contributed by atoms with Gasteiger partial charge in [0.2, 0.25) is 0 Å². The van der Waals surface area contributed by atoms with Crippen molar-refractivity contribution in [1.82, 2.24) is 15.5 Å². The van der Waals surface area contributed by atoms with Crippen LogP contribution in [0.1, 0.15) is 46.0 Å². The number of urea groups is 1. The highest BCUT2D eigenvalue weighted by molar-refractivity contribution is 5.74. The van der Waals surface area contributed by atoms with Crippen LogP contribution in [0.4, 0.5) is 4.79 Å². The van der Waals surface area contributed by atoms with Crippen molar-refractivity contribution in [3.05, 3.63) is 0 Å². The largest absolute Gasteiger partial charge is 0.380 e. The minimum atomic E-state index is -0.0703. The van der Waals surface area contributed by atoms with Crippen molar-refractivity contribution in [2.45, 2.75) is 64.1 Å². The van der Waals surface area contributed by atoms with E-state index in [1.807, 2.05) is 13.8 Å². The molecule has 2 aliphatic rings. The van der Waals surface area contributed by atoms with Crippen molar-refractivity contribution in [3.63, 3.8) is 0 Å². The Kier molecular flexibility index (Phi) is 6.30. The number of methoxy groups -OCH3 is 1. The van der Waals surface area contributed by atoms with E-state index in [4.69, 9.17) is 4.74 Å². The van der Waals surface area contributed by atoms with Crippen LogP contribution in [0.5, 0.6) is 0 Å². The maximum atomic E-state index is 12.0. The molecule has 0 spiro atoms. The van der Waals surface area contributed by atoms with Crippen molar-refractivity contribution >= 4 is 6.03 Å². The quantitative estimate of drug-likeness (QED) is 0.788. The van der Waals surface area contributed by atoms with E-state index in [1.54, 1.807) is 7.11 Å². The normalized spacial score (nSPS) is 26.7. The maximum Gasteiger partial charge on any atom is 0.315 e. The van der Waals surface area contributed by atoms with E-state index in [0.717, 1.165) is 25.4 Å². The van der Waals surface area contributed by atoms with Crippen LogP contribution in [0.2, 0.25) is 0 Å². The molecule has 5 nitrogen and oxygen atoms in total. The maximum absolute atomic E-state index is 12.0. The molecule has 2 rings (SSSR count). The first-order valence-corrected chi connectivity index (χ1v) is 8.40. The SMILES string of the molecule is COC(C)[C@H](C)NC(=O)NC1CCN(CC2CCCC2)C1. The number of likely N-dealkylation sites (tertiary alicyclic amines) is 1. The zero-order chi connectivity index (χ0) is 15.2. The van der Waals surface area contributed by atoms with Crippen LogP contribution >= 0.6 is 0 Å². The summed E-state index contributed by atoms with van der Waals surface area (Å²) < 4.78 is 5.22. The molecular weight excluding hydrogens is 266 g/mol. The fraction of sp³-hybridized carbons (Fsp3) is 0.938. The van der Waals surface area contributed by atoms with Gasteiger partial charge in [-0.25, -0.2) is 4.79 Å². The Hall–Kier alpha value is -0.810. The van der Waals surface area contributed by atoms with Gasteiger partial charge in [0.1, 0.15) is 0 Å². The fourth-order valence-electron chi connectivity index (χ4n) is 3.43. The van der Waals surface area contributed by atoms with Gasteiger partial charge < -0.3 is 20.3 Å². The van der Waals surface area contributed by atoms with Crippen molar-refractivity contribution in [2.24, 2.45) is 5.92 Å². The molecule has 122 valence electrons. The number of ether oxygens (including phenoxy) is 1. The third kappa shape index (κ3) is 5.15. The zero-order valence-electron chi connectivity index (χ0n) is 13.7. The summed E-state index contributed by atoms with van der Waals surface area (Å²) in [5.74, 6) is 0.889. The summed E-state index contributed by atoms with van der Waals surface area (Å²) in [6.45, 7) is 7.26. The van der Waals surface area contributed by atoms with Crippen LogP contribution in [-0.4, -0.2) is 55.9 Å². The molecule has 5 heteroatoms. The first kappa shape index (κ1) is 16.6. The summed E-state index contributed by atoms with van der Waals surface area (Å²) in [4.78, 5) is 14.5. The van der Waals surface area contributed by atoms with Crippen molar-refractivity contribution < 1.29 is 9.53 Å². The Bertz CT molecular complexity index is 331. The second-order valence-electron chi connectivity index (χ2n) is 6.74. The second kappa shape index (κ2) is 7.99. The molecule has 1 saturated heterocycles. The van der Waals surface area contributed by atoms with Crippen LogP contribution < -0.4 is 10.6 Å². The van der Waals surface area contributed by atoms with Crippen LogP contribution in [0.15, 0.2) is 0 Å². The van der Waals surface area contributed by atoms with E-state index in [-0.39, 0.29) is 24.2 Å². The highest BCUT2D eigenvalue weighted by atomic mass is 16.5. The molecule has 0 radical (unpaired) electrons. The van der Waals surface area contributed by atoms with Gasteiger partial charge in [0.05, 0.1) is 12.1 Å². The van der Waals surface area contributed by atoms with Gasteiger partial charge in [0, 0.05) is 32.8 Å². The van der Waals surface area contributed by atoms with E-state index >= 15 is 0 Å². The smallest absolute Gasteiger partial charge is 0.315 e. The Morgan fingerprint density at radius 1 is 1.29 bits per heavy atom. The Labute approximate surface area is 128 Å². The van der Waals surface area contributed by atoms with Crippen LogP contribution in [0.25, 0.3) is 0 Å². The van der Waals surface area contributed by atoms with Gasteiger partial charge in [-0.2, -0.15) is 0 Å². The first-order chi connectivity index (χ1) is 10.1. The number of carbonyl (C=O) groups is 1. The second-order valence-corrected chi connectivity index (χ2v) is 6.74. The van der Waals surface area contributed by atoms with E-state index in [2.05, 4.69) is 15.5 Å². The number of nitrogens with one attached hydrogen (secondary N) is 2. The highest BCUT2D eigenvalue weighted by Gasteiger charge is 2.27. The molecule has 0 bridgehead atoms. The van der Waals surface area contributed by atoms with E-state index in [1.165, 1.54) is 32.2 Å². The van der Waals surface area contributed by atoms with Crippen molar-refractivity contribution in [1.29, 1.82) is 0 Å². The van der Waals surface area contributed by atoms with Gasteiger partial charge >= 0.3 is 6.03 Å². The highest BCUT2D eigenvalue weighted by Crippen LogP contribution is 2.26. The molecule has 2 N–H and O–H groups in total. The van der Waals surface area contributed by atoms with Crippen LogP contribution in [-0.2, 0) is 4.74 Å². The number of rotatable bonds is 6. The molecule has 1 aliphatic carbocycles. The summed E-state index contributed by atoms with van der Waals surface area (Å²) in [7, 11) is 1.67. The van der Waals surface area contributed by atoms with Crippen LogP contribution in [0, 0.1) is 5.92 Å². The molecule has 1 aliphatic heterocycles. The number of carbonyl (C=O) groups excluding carboxylic acids is 1. The van der Waals surface area contributed by atoms with E-state index in [9.17, 15) is 4.79 Å². The topological polar surface area (TPSA) is 53.6 Å². The van der Waals surface area contributed by atoms with E-state index < -0.39 is 0 Å². The number of hydrogen-bond acceptors (Lipinski definition) is 3. The number of nitrogens with zero attached hydrogens (tertiary/aromatic N) is 1. The van der Waals surface area contributed by atoms with Gasteiger partial charge in [0.15, 0.2) is 0 Å². The molecular formula is C16H31N3O2. The molecule has 2 amide bonds. The molecule has 1 heterocycles. The third-order valence-corrected chi connectivity index (χ3v) is 5.03. The van der Waals surface area contributed by atoms with Crippen molar-refractivity contribution in [2.75, 3.05) is 26.7 Å². The lowest BCUT2D eigenvalue weighted by Crippen LogP contribution is -2.49. The standard InChI is InChI=1S/C16H31N3O2/c1-12(13(2)21-3)17-16(20)18-15-8-9-19(11-15)10-14-6-4-5-7-14/h12-15H,4-11H2,1-3H3,(H2,17,18,20)/t12-,13?,15?/m0/s1. The summed E-state index contributed by atoms with van der Waals surface area (Å²) in [6, 6.07) is 0.238. The first-order valence-electron chi connectivity index (χ1n) is 8.40. The molecule has 2 unspecified atom stereocenters. The Balaban J connectivity index is 1.66. The molecule has 3 atom stereocenters. The van der Waals surface area contributed by atoms with Gasteiger partial charge in [0.25, 0.3) is 0 Å². The fourth-order valence-corrected chi connectivity index (χ4v) is 3.43. The zero-order valence-corrected chi connectivity index (χ0v) is 13.7. The van der Waals surface area contributed by atoms with Gasteiger partial charge in [-0.3, -0.25) is 0 Å². The summed E-state index contributed by atoms with van der Waals surface area (Å²) in [5.41, 5.74) is 0. The third-order valence-electron chi connectivity index (χ3n) is 5.03. The lowest BCUT2D eigenvalue weighted by Gasteiger charge is -2.22. The number of hydrogen-bond donors (Lipinski definition) is 2. The van der Waals surface area contributed by atoms with Gasteiger partial charge in [-0.1, -0.05) is 12.8 Å². The molecule has 0 aromatic rings. The lowest BCUT2D eigenvalue weighted by atomic mass is 10.1. The molecule has 1 saturated carbocycles. The summed E-state index contributed by atoms with van der Waals surface area (Å²) in [5, 5.41) is 6.05. The summed E-state index contributed by atoms with van der Waals surface area (Å²) >= 11 is 0. The van der Waals surface area contributed by atoms with Crippen LogP contribution in [0.3, 0.4) is 0 Å². The minimum Gasteiger partial charge on any atom is -0.380 e. The Morgan fingerprint density at radius 2 is 2.00 bits per heavy atom. The Morgan fingerprint density at radius 3 is 2.67 bits per heavy atom. The van der Waals surface area contributed by atoms with Gasteiger partial charge in [-0.15, -0.1) is 0 Å². The van der Waals surface area contributed by atoms with Gasteiger partial charge in [-0.05, 0) is 39.0 Å². The summed E-state index contributed by atoms with van der Waals surface area (Å²) in [6.07, 6.45) is 6.67. The van der Waals surface area contributed by atoms with E-state index in [0.29, 0.717) is 0 Å². The van der Waals surface area contributed by atoms with Crippen molar-refractivity contribution in [3.8, 4) is 0 Å².